The maximum absolute atomic E-state index is 13.8. The van der Waals surface area contributed by atoms with Gasteiger partial charge < -0.3 is 19.2 Å². The minimum Gasteiger partial charge on any atom is -0.478 e. The lowest BCUT2D eigenvalue weighted by Crippen LogP contribution is -2.26. The van der Waals surface area contributed by atoms with Crippen molar-refractivity contribution in [1.82, 2.24) is 9.97 Å². The van der Waals surface area contributed by atoms with E-state index in [1.54, 1.807) is 30.3 Å². The van der Waals surface area contributed by atoms with Crippen molar-refractivity contribution in [2.75, 3.05) is 11.4 Å². The molecule has 10 heteroatoms. The number of carbonyl (C=O) groups is 1. The number of ether oxygens (including phenoxy) is 1. The molecule has 5 aromatic rings. The van der Waals surface area contributed by atoms with Crippen molar-refractivity contribution in [2.24, 2.45) is 0 Å². The molecular weight excluding hydrogens is 499 g/mol. The Hall–Kier alpha value is -4.86. The summed E-state index contributed by atoms with van der Waals surface area (Å²) in [6, 6.07) is 15.4. The van der Waals surface area contributed by atoms with Gasteiger partial charge in [-0.15, -0.1) is 0 Å². The van der Waals surface area contributed by atoms with Gasteiger partial charge in [-0.2, -0.15) is 8.78 Å². The standard InChI is InChI=1S/C28H18F3N3O4/c29-18-4-8-23-17(10-18)13-24(38-23)26-27(33-21-12-16(28(35)36)3-6-20(21)32-26)34-9-1-2-15-11-19(5-7-22(15)34)37-14-25(30)31/h3-8,10-14H,1-2,9H2,(H,35,36). The summed E-state index contributed by atoms with van der Waals surface area (Å²) in [5.41, 5.74) is 3.42. The highest BCUT2D eigenvalue weighted by molar-refractivity contribution is 5.94. The Bertz CT molecular complexity index is 1760. The Morgan fingerprint density at radius 2 is 1.89 bits per heavy atom. The number of carboxylic acid groups (broad SMARTS) is 1. The maximum Gasteiger partial charge on any atom is 0.335 e. The molecule has 190 valence electrons. The van der Waals surface area contributed by atoms with Crippen LogP contribution in [0.2, 0.25) is 0 Å². The molecule has 3 heterocycles. The molecule has 1 N–H and O–H groups in total. The molecular formula is C28H18F3N3O4. The Labute approximate surface area is 213 Å². The predicted octanol–water partition coefficient (Wildman–Crippen LogP) is 7.08. The summed E-state index contributed by atoms with van der Waals surface area (Å²) >= 11 is 0. The third-order valence-electron chi connectivity index (χ3n) is 6.31. The molecule has 0 saturated heterocycles. The highest BCUT2D eigenvalue weighted by Crippen LogP contribution is 2.41. The van der Waals surface area contributed by atoms with Crippen molar-refractivity contribution in [2.45, 2.75) is 12.8 Å². The Morgan fingerprint density at radius 3 is 2.71 bits per heavy atom. The molecule has 0 unspecified atom stereocenters. The molecule has 3 aromatic carbocycles. The van der Waals surface area contributed by atoms with Gasteiger partial charge in [0.05, 0.1) is 16.6 Å². The first-order chi connectivity index (χ1) is 18.4. The van der Waals surface area contributed by atoms with Crippen molar-refractivity contribution >= 4 is 39.5 Å². The topological polar surface area (TPSA) is 88.7 Å². The predicted molar refractivity (Wildman–Crippen MR) is 134 cm³/mol. The number of carboxylic acids is 1. The van der Waals surface area contributed by atoms with Gasteiger partial charge in [-0.05, 0) is 79.1 Å². The van der Waals surface area contributed by atoms with E-state index in [1.807, 2.05) is 4.90 Å². The molecule has 6 rings (SSSR count). The monoisotopic (exact) mass is 517 g/mol. The van der Waals surface area contributed by atoms with Gasteiger partial charge >= 0.3 is 12.0 Å². The minimum absolute atomic E-state index is 0.0682. The van der Waals surface area contributed by atoms with Crippen LogP contribution >= 0.6 is 0 Å². The molecule has 38 heavy (non-hydrogen) atoms. The van der Waals surface area contributed by atoms with E-state index in [0.29, 0.717) is 58.5 Å². The van der Waals surface area contributed by atoms with Crippen LogP contribution in [0.15, 0.2) is 77.4 Å². The van der Waals surface area contributed by atoms with Crippen LogP contribution in [0.3, 0.4) is 0 Å². The van der Waals surface area contributed by atoms with Gasteiger partial charge in [0.2, 0.25) is 0 Å². The fourth-order valence-electron chi connectivity index (χ4n) is 4.64. The van der Waals surface area contributed by atoms with Gasteiger partial charge in [0.25, 0.3) is 0 Å². The summed E-state index contributed by atoms with van der Waals surface area (Å²) in [6.07, 6.45) is -0.135. The number of fused-ring (bicyclic) bond motifs is 3. The van der Waals surface area contributed by atoms with Crippen LogP contribution in [0.1, 0.15) is 22.3 Å². The molecule has 0 atom stereocenters. The highest BCUT2D eigenvalue weighted by atomic mass is 19.3. The van der Waals surface area contributed by atoms with Gasteiger partial charge in [-0.3, -0.25) is 0 Å². The molecule has 0 fully saturated rings. The fraction of sp³-hybridized carbons (Fsp3) is 0.107. The van der Waals surface area contributed by atoms with E-state index >= 15 is 0 Å². The number of aryl methyl sites for hydroxylation is 1. The average molecular weight is 517 g/mol. The van der Waals surface area contributed by atoms with Crippen LogP contribution in [-0.2, 0) is 6.42 Å². The molecule has 0 aliphatic carbocycles. The Balaban J connectivity index is 1.53. The van der Waals surface area contributed by atoms with E-state index in [4.69, 9.17) is 19.1 Å². The first-order valence-corrected chi connectivity index (χ1v) is 11.7. The van der Waals surface area contributed by atoms with Crippen LogP contribution in [-0.4, -0.2) is 27.6 Å². The normalized spacial score (nSPS) is 13.0. The fourth-order valence-corrected chi connectivity index (χ4v) is 4.64. The third-order valence-corrected chi connectivity index (χ3v) is 6.31. The number of aromatic nitrogens is 2. The van der Waals surface area contributed by atoms with Gasteiger partial charge in [-0.25, -0.2) is 19.2 Å². The van der Waals surface area contributed by atoms with Crippen molar-refractivity contribution in [3.05, 3.63) is 90.0 Å². The molecule has 7 nitrogen and oxygen atoms in total. The van der Waals surface area contributed by atoms with E-state index in [1.165, 1.54) is 30.3 Å². The highest BCUT2D eigenvalue weighted by Gasteiger charge is 2.26. The summed E-state index contributed by atoms with van der Waals surface area (Å²) in [7, 11) is 0. The largest absolute Gasteiger partial charge is 0.478 e. The summed E-state index contributed by atoms with van der Waals surface area (Å²) in [4.78, 5) is 23.1. The third kappa shape index (κ3) is 4.30. The zero-order valence-corrected chi connectivity index (χ0v) is 19.6. The van der Waals surface area contributed by atoms with Crippen molar-refractivity contribution < 1.29 is 32.2 Å². The van der Waals surface area contributed by atoms with E-state index in [-0.39, 0.29) is 11.3 Å². The molecule has 2 aromatic heterocycles. The summed E-state index contributed by atoms with van der Waals surface area (Å²) in [5.74, 6) is -0.431. The zero-order chi connectivity index (χ0) is 26.4. The Kier molecular flexibility index (Phi) is 5.71. The second kappa shape index (κ2) is 9.22. The molecule has 0 spiro atoms. The lowest BCUT2D eigenvalue weighted by molar-refractivity contribution is 0.0697. The lowest BCUT2D eigenvalue weighted by Gasteiger charge is -2.31. The number of halogens is 3. The smallest absolute Gasteiger partial charge is 0.335 e. The first-order valence-electron chi connectivity index (χ1n) is 11.7. The van der Waals surface area contributed by atoms with Gasteiger partial charge in [0.1, 0.15) is 22.8 Å². The van der Waals surface area contributed by atoms with Crippen molar-refractivity contribution in [3.8, 4) is 17.2 Å². The SMILES string of the molecule is O=C(O)c1ccc2nc(-c3cc4cc(F)ccc4o3)c(N3CCCc4cc(OC=C(F)F)ccc43)nc2c1. The number of nitrogens with zero attached hydrogens (tertiary/aromatic N) is 3. The summed E-state index contributed by atoms with van der Waals surface area (Å²) in [5, 5.41) is 10.0. The van der Waals surface area contributed by atoms with Crippen LogP contribution in [0.4, 0.5) is 24.7 Å². The molecule has 0 saturated carbocycles. The quantitative estimate of drug-likeness (QED) is 0.249. The van der Waals surface area contributed by atoms with E-state index < -0.39 is 17.9 Å². The second-order valence-corrected chi connectivity index (χ2v) is 8.77. The first kappa shape index (κ1) is 23.5. The van der Waals surface area contributed by atoms with Crippen LogP contribution < -0.4 is 9.64 Å². The molecule has 1 aliphatic rings. The molecule has 0 amide bonds. The summed E-state index contributed by atoms with van der Waals surface area (Å²) < 4.78 is 49.9. The number of rotatable bonds is 5. The van der Waals surface area contributed by atoms with E-state index in [9.17, 15) is 23.1 Å². The van der Waals surface area contributed by atoms with Crippen molar-refractivity contribution in [3.63, 3.8) is 0 Å². The minimum atomic E-state index is -1.94. The molecule has 0 bridgehead atoms. The number of furan rings is 1. The van der Waals surface area contributed by atoms with Gasteiger partial charge in [0, 0.05) is 17.6 Å². The lowest BCUT2D eigenvalue weighted by atomic mass is 10.0. The molecule has 0 radical (unpaired) electrons. The van der Waals surface area contributed by atoms with Gasteiger partial charge in [-0.1, -0.05) is 0 Å². The average Bonchev–Trinajstić information content (AvgIpc) is 3.33. The van der Waals surface area contributed by atoms with Gasteiger partial charge in [0.15, 0.2) is 17.8 Å². The molecule has 1 aliphatic heterocycles. The number of benzene rings is 3. The van der Waals surface area contributed by atoms with E-state index in [2.05, 4.69) is 0 Å². The number of anilines is 2. The van der Waals surface area contributed by atoms with Crippen LogP contribution in [0.25, 0.3) is 33.5 Å². The second-order valence-electron chi connectivity index (χ2n) is 8.77. The number of hydrogen-bond acceptors (Lipinski definition) is 6. The van der Waals surface area contributed by atoms with Crippen LogP contribution in [0, 0.1) is 5.82 Å². The number of aromatic carboxylic acids is 1. The van der Waals surface area contributed by atoms with Crippen LogP contribution in [0.5, 0.6) is 5.75 Å². The summed E-state index contributed by atoms with van der Waals surface area (Å²) in [6.45, 7) is 0.562. The maximum atomic E-state index is 13.8. The van der Waals surface area contributed by atoms with E-state index in [0.717, 1.165) is 17.7 Å². The number of hydrogen-bond donors (Lipinski definition) is 1. The Morgan fingerprint density at radius 1 is 1.03 bits per heavy atom. The zero-order valence-electron chi connectivity index (χ0n) is 19.6. The van der Waals surface area contributed by atoms with Crippen molar-refractivity contribution in [1.29, 1.82) is 0 Å².